The van der Waals surface area contributed by atoms with Crippen LogP contribution < -0.4 is 5.32 Å². The molecule has 1 saturated heterocycles. The van der Waals surface area contributed by atoms with Crippen LogP contribution in [0.1, 0.15) is 32.6 Å². The molecule has 0 saturated carbocycles. The van der Waals surface area contributed by atoms with Gasteiger partial charge in [0.1, 0.15) is 11.1 Å². The van der Waals surface area contributed by atoms with Gasteiger partial charge in [-0.1, -0.05) is 41.9 Å². The molecule has 29 heavy (non-hydrogen) atoms. The Morgan fingerprint density at radius 2 is 1.93 bits per heavy atom. The first kappa shape index (κ1) is 19.6. The maximum absolute atomic E-state index is 12.5. The summed E-state index contributed by atoms with van der Waals surface area (Å²) in [6.45, 7) is 0.799. The number of nitrogens with one attached hydrogen (secondary N) is 1. The number of furan rings is 1. The van der Waals surface area contributed by atoms with Gasteiger partial charge in [0.2, 0.25) is 5.91 Å². The van der Waals surface area contributed by atoms with Crippen LogP contribution in [0, 0.1) is 0 Å². The zero-order valence-electron chi connectivity index (χ0n) is 15.5. The number of carbonyl (C=O) groups excluding carboxylic acids is 2. The minimum atomic E-state index is -0.168. The summed E-state index contributed by atoms with van der Waals surface area (Å²) in [7, 11) is 0. The van der Waals surface area contributed by atoms with Gasteiger partial charge in [0.25, 0.3) is 5.91 Å². The molecule has 3 aromatic rings. The van der Waals surface area contributed by atoms with Crippen LogP contribution in [0.25, 0.3) is 0 Å². The number of nitrogens with zero attached hydrogens (tertiary/aromatic N) is 1. The summed E-state index contributed by atoms with van der Waals surface area (Å²) in [6.07, 6.45) is 1.61. The number of hydrogen-bond acceptors (Lipinski definition) is 4. The lowest BCUT2D eigenvalue weighted by atomic mass is 10.1. The van der Waals surface area contributed by atoms with E-state index in [0.29, 0.717) is 29.4 Å². The fourth-order valence-electron chi connectivity index (χ4n) is 3.19. The van der Waals surface area contributed by atoms with Gasteiger partial charge in [-0.3, -0.25) is 9.59 Å². The average molecular weight is 427 g/mol. The van der Waals surface area contributed by atoms with Gasteiger partial charge in [0.05, 0.1) is 18.6 Å². The highest BCUT2D eigenvalue weighted by atomic mass is 35.5. The lowest BCUT2D eigenvalue weighted by Gasteiger charge is -2.23. The molecule has 1 aliphatic rings. The third-order valence-electron chi connectivity index (χ3n) is 4.73. The van der Waals surface area contributed by atoms with Crippen molar-refractivity contribution >= 4 is 35.2 Å². The van der Waals surface area contributed by atoms with E-state index in [1.165, 1.54) is 0 Å². The van der Waals surface area contributed by atoms with Gasteiger partial charge in [0, 0.05) is 17.1 Å². The van der Waals surface area contributed by atoms with Crippen molar-refractivity contribution in [3.05, 3.63) is 94.4 Å². The summed E-state index contributed by atoms with van der Waals surface area (Å²) in [5, 5.41) is 3.42. The highest BCUT2D eigenvalue weighted by Gasteiger charge is 2.33. The maximum atomic E-state index is 12.5. The molecule has 2 heterocycles. The van der Waals surface area contributed by atoms with Gasteiger partial charge in [-0.25, -0.2) is 0 Å². The fraction of sp³-hybridized carbons (Fsp3) is 0.182. The van der Waals surface area contributed by atoms with Crippen LogP contribution in [-0.4, -0.2) is 22.5 Å². The molecule has 0 spiro atoms. The third-order valence-corrected chi connectivity index (χ3v) is 6.35. The second-order valence-electron chi connectivity index (χ2n) is 6.66. The highest BCUT2D eigenvalue weighted by Crippen LogP contribution is 2.39. The molecule has 2 amide bonds. The van der Waals surface area contributed by atoms with Crippen molar-refractivity contribution in [3.8, 4) is 0 Å². The number of rotatable bonds is 6. The zero-order valence-corrected chi connectivity index (χ0v) is 17.1. The van der Waals surface area contributed by atoms with E-state index in [9.17, 15) is 9.59 Å². The first-order chi connectivity index (χ1) is 14.1. The number of carbonyl (C=O) groups is 2. The molecular weight excluding hydrogens is 408 g/mol. The summed E-state index contributed by atoms with van der Waals surface area (Å²) in [4.78, 5) is 26.6. The summed E-state index contributed by atoms with van der Waals surface area (Å²) < 4.78 is 5.38. The molecule has 0 unspecified atom stereocenters. The molecule has 0 aliphatic carbocycles. The Labute approximate surface area is 178 Å². The molecule has 4 rings (SSSR count). The Morgan fingerprint density at radius 1 is 1.14 bits per heavy atom. The molecule has 7 heteroatoms. The van der Waals surface area contributed by atoms with Crippen LogP contribution in [-0.2, 0) is 17.9 Å². The normalized spacial score (nSPS) is 16.2. The van der Waals surface area contributed by atoms with Gasteiger partial charge >= 0.3 is 0 Å². The second-order valence-corrected chi connectivity index (χ2v) is 8.14. The van der Waals surface area contributed by atoms with E-state index < -0.39 is 0 Å². The van der Waals surface area contributed by atoms with Crippen molar-refractivity contribution < 1.29 is 14.0 Å². The first-order valence-electron chi connectivity index (χ1n) is 9.17. The fourth-order valence-corrected chi connectivity index (χ4v) is 4.58. The molecule has 0 bridgehead atoms. The lowest BCUT2D eigenvalue weighted by Crippen LogP contribution is -2.27. The molecule has 1 aliphatic heterocycles. The van der Waals surface area contributed by atoms with Crippen molar-refractivity contribution in [2.45, 2.75) is 18.5 Å². The number of hydrogen-bond donors (Lipinski definition) is 1. The van der Waals surface area contributed by atoms with Crippen molar-refractivity contribution in [2.24, 2.45) is 0 Å². The summed E-state index contributed by atoms with van der Waals surface area (Å²) in [5.74, 6) is 1.10. The van der Waals surface area contributed by atoms with E-state index in [2.05, 4.69) is 5.32 Å². The van der Waals surface area contributed by atoms with Crippen LogP contribution in [0.2, 0.25) is 5.02 Å². The Morgan fingerprint density at radius 3 is 2.66 bits per heavy atom. The van der Waals surface area contributed by atoms with Crippen LogP contribution in [0.4, 0.5) is 0 Å². The van der Waals surface area contributed by atoms with E-state index in [1.54, 1.807) is 41.1 Å². The van der Waals surface area contributed by atoms with E-state index in [0.717, 1.165) is 16.9 Å². The average Bonchev–Trinajstić information content (AvgIpc) is 3.38. The first-order valence-corrected chi connectivity index (χ1v) is 10.6. The van der Waals surface area contributed by atoms with E-state index in [-0.39, 0.29) is 17.2 Å². The summed E-state index contributed by atoms with van der Waals surface area (Å²) >= 11 is 7.71. The Kier molecular flexibility index (Phi) is 5.92. The Hall–Kier alpha value is -2.70. The van der Waals surface area contributed by atoms with Gasteiger partial charge < -0.3 is 14.6 Å². The number of thioether (sulfide) groups is 1. The molecule has 5 nitrogen and oxygen atoms in total. The zero-order chi connectivity index (χ0) is 20.2. The summed E-state index contributed by atoms with van der Waals surface area (Å²) in [5.41, 5.74) is 2.41. The molecule has 0 radical (unpaired) electrons. The van der Waals surface area contributed by atoms with E-state index >= 15 is 0 Å². The monoisotopic (exact) mass is 426 g/mol. The lowest BCUT2D eigenvalue weighted by molar-refractivity contribution is -0.128. The van der Waals surface area contributed by atoms with Gasteiger partial charge in [-0.15, -0.1) is 11.8 Å². The van der Waals surface area contributed by atoms with E-state index in [1.807, 2.05) is 42.5 Å². The van der Waals surface area contributed by atoms with Crippen molar-refractivity contribution in [1.29, 1.82) is 0 Å². The molecule has 1 fully saturated rings. The van der Waals surface area contributed by atoms with Crippen LogP contribution in [0.15, 0.2) is 71.3 Å². The van der Waals surface area contributed by atoms with Crippen molar-refractivity contribution in [1.82, 2.24) is 10.2 Å². The smallest absolute Gasteiger partial charge is 0.251 e. The minimum Gasteiger partial charge on any atom is -0.467 e. The summed E-state index contributed by atoms with van der Waals surface area (Å²) in [6, 6.07) is 18.5. The van der Waals surface area contributed by atoms with Gasteiger partial charge in [0.15, 0.2) is 0 Å². The largest absolute Gasteiger partial charge is 0.467 e. The highest BCUT2D eigenvalue weighted by molar-refractivity contribution is 8.00. The molecule has 1 N–H and O–H groups in total. The quantitative estimate of drug-likeness (QED) is 0.623. The van der Waals surface area contributed by atoms with Gasteiger partial charge in [-0.05, 0) is 41.5 Å². The molecule has 1 aromatic heterocycles. The van der Waals surface area contributed by atoms with Crippen LogP contribution >= 0.6 is 23.4 Å². The number of halogens is 1. The van der Waals surface area contributed by atoms with Crippen LogP contribution in [0.5, 0.6) is 0 Å². The number of amides is 2. The predicted octanol–water partition coefficient (Wildman–Crippen LogP) is 4.64. The third kappa shape index (κ3) is 4.49. The van der Waals surface area contributed by atoms with Gasteiger partial charge in [-0.2, -0.15) is 0 Å². The molecule has 148 valence electrons. The van der Waals surface area contributed by atoms with E-state index in [4.69, 9.17) is 16.0 Å². The number of benzene rings is 2. The standard InChI is InChI=1S/C22H19ClN2O3S/c23-19-6-2-1-4-17(19)12-24-21(27)15-7-9-16(10-8-15)22-25(20(26)14-29-22)13-18-5-3-11-28-18/h1-11,22H,12-14H2,(H,24,27)/t22-/m1/s1. The Bertz CT molecular complexity index is 1010. The molecular formula is C22H19ClN2O3S. The molecule has 2 aromatic carbocycles. The second kappa shape index (κ2) is 8.76. The predicted molar refractivity (Wildman–Crippen MR) is 114 cm³/mol. The Balaban J connectivity index is 1.42. The maximum Gasteiger partial charge on any atom is 0.251 e. The van der Waals surface area contributed by atoms with Crippen LogP contribution in [0.3, 0.4) is 0 Å². The van der Waals surface area contributed by atoms with Crippen molar-refractivity contribution in [2.75, 3.05) is 5.75 Å². The minimum absolute atomic E-state index is 0.0814. The molecule has 1 atom stereocenters. The van der Waals surface area contributed by atoms with Crippen molar-refractivity contribution in [3.63, 3.8) is 0 Å². The topological polar surface area (TPSA) is 62.6 Å². The SMILES string of the molecule is O=C(NCc1ccccc1Cl)c1ccc([C@H]2SCC(=O)N2Cc2ccco2)cc1.